The van der Waals surface area contributed by atoms with E-state index < -0.39 is 0 Å². The van der Waals surface area contributed by atoms with Crippen molar-refractivity contribution >= 4 is 73.8 Å². The van der Waals surface area contributed by atoms with Crippen LogP contribution in [0.5, 0.6) is 0 Å². The second-order valence-electron chi connectivity index (χ2n) is 16.8. The van der Waals surface area contributed by atoms with Crippen molar-refractivity contribution in [1.82, 2.24) is 9.97 Å². The SMILES string of the molecule is c1ccc(-c2cc(-c3ccccc3-c3ccccc3)c(-c3nc(-c4cccc5c4sc4ccccc45)cc(-c4cccc5c4sc4ccccc45)n3)c(-c3cccc4ccccc34)c2)cc1. The van der Waals surface area contributed by atoms with Crippen LogP contribution in [0.2, 0.25) is 0 Å². The molecule has 0 aliphatic carbocycles. The Balaban J connectivity index is 1.19. The molecule has 13 aromatic rings. The summed E-state index contributed by atoms with van der Waals surface area (Å²) in [5.41, 5.74) is 13.9. The van der Waals surface area contributed by atoms with Crippen LogP contribution in [0.15, 0.2) is 231 Å². The highest BCUT2D eigenvalue weighted by atomic mass is 32.1. The maximum Gasteiger partial charge on any atom is 0.161 e. The van der Waals surface area contributed by atoms with Crippen molar-refractivity contribution in [3.8, 4) is 78.4 Å². The van der Waals surface area contributed by atoms with Crippen molar-refractivity contribution in [2.45, 2.75) is 0 Å². The Morgan fingerprint density at radius 3 is 1.35 bits per heavy atom. The molecule has 0 unspecified atom stereocenters. The number of fused-ring (bicyclic) bond motifs is 7. The molecule has 3 aromatic heterocycles. The topological polar surface area (TPSA) is 25.8 Å². The predicted molar refractivity (Wildman–Crippen MR) is 283 cm³/mol. The van der Waals surface area contributed by atoms with Gasteiger partial charge >= 0.3 is 0 Å². The lowest BCUT2D eigenvalue weighted by atomic mass is 9.84. The Labute approximate surface area is 390 Å². The van der Waals surface area contributed by atoms with Gasteiger partial charge in [0.25, 0.3) is 0 Å². The molecule has 0 bridgehead atoms. The number of hydrogen-bond acceptors (Lipinski definition) is 4. The molecule has 0 spiro atoms. The lowest BCUT2D eigenvalue weighted by Crippen LogP contribution is -2.01. The number of rotatable bonds is 7. The zero-order valence-corrected chi connectivity index (χ0v) is 37.3. The summed E-state index contributed by atoms with van der Waals surface area (Å²) < 4.78 is 4.97. The first-order valence-corrected chi connectivity index (χ1v) is 23.9. The van der Waals surface area contributed by atoms with E-state index in [1.807, 2.05) is 22.7 Å². The Kier molecular flexibility index (Phi) is 9.26. The van der Waals surface area contributed by atoms with E-state index in [-0.39, 0.29) is 0 Å². The lowest BCUT2D eigenvalue weighted by molar-refractivity contribution is 1.19. The second-order valence-corrected chi connectivity index (χ2v) is 18.9. The predicted octanol–water partition coefficient (Wildman–Crippen LogP) is 18.0. The van der Waals surface area contributed by atoms with Gasteiger partial charge in [-0.1, -0.05) is 200 Å². The highest BCUT2D eigenvalue weighted by Gasteiger charge is 2.25. The van der Waals surface area contributed by atoms with E-state index in [0.29, 0.717) is 5.82 Å². The third-order valence-electron chi connectivity index (χ3n) is 12.9. The maximum absolute atomic E-state index is 5.80. The van der Waals surface area contributed by atoms with Gasteiger partial charge in [0.2, 0.25) is 0 Å². The molecule has 0 saturated heterocycles. The third-order valence-corrected chi connectivity index (χ3v) is 15.4. The normalized spacial score (nSPS) is 11.6. The van der Waals surface area contributed by atoms with Gasteiger partial charge in [0.05, 0.1) is 11.4 Å². The number of benzene rings is 10. The summed E-state index contributed by atoms with van der Waals surface area (Å²) in [6, 6.07) is 83.5. The zero-order chi connectivity index (χ0) is 43.6. The smallest absolute Gasteiger partial charge is 0.161 e. The molecule has 0 aliphatic rings. The summed E-state index contributed by atoms with van der Waals surface area (Å²) in [5, 5.41) is 7.36. The fraction of sp³-hybridized carbons (Fsp3) is 0. The molecule has 0 atom stereocenters. The number of hydrogen-bond donors (Lipinski definition) is 0. The number of nitrogens with zero attached hydrogens (tertiary/aromatic N) is 2. The highest BCUT2D eigenvalue weighted by Crippen LogP contribution is 2.49. The van der Waals surface area contributed by atoms with Gasteiger partial charge in [-0.25, -0.2) is 9.97 Å². The van der Waals surface area contributed by atoms with E-state index in [1.54, 1.807) is 0 Å². The largest absolute Gasteiger partial charge is 0.228 e. The van der Waals surface area contributed by atoms with E-state index in [9.17, 15) is 0 Å². The molecule has 0 radical (unpaired) electrons. The molecule has 10 aromatic carbocycles. The third kappa shape index (κ3) is 6.45. The molecule has 0 N–H and O–H groups in total. The monoisotopic (exact) mass is 874 g/mol. The molecule has 66 heavy (non-hydrogen) atoms. The van der Waals surface area contributed by atoms with Crippen molar-refractivity contribution in [3.05, 3.63) is 231 Å². The van der Waals surface area contributed by atoms with E-state index in [1.165, 1.54) is 51.1 Å². The Hall–Kier alpha value is -8.02. The lowest BCUT2D eigenvalue weighted by Gasteiger charge is -2.21. The highest BCUT2D eigenvalue weighted by molar-refractivity contribution is 7.26. The van der Waals surface area contributed by atoms with Crippen LogP contribution in [-0.4, -0.2) is 9.97 Å². The summed E-state index contributed by atoms with van der Waals surface area (Å²) in [4.78, 5) is 11.6. The first kappa shape index (κ1) is 38.4. The summed E-state index contributed by atoms with van der Waals surface area (Å²) in [7, 11) is 0. The van der Waals surface area contributed by atoms with Gasteiger partial charge < -0.3 is 0 Å². The van der Waals surface area contributed by atoms with Gasteiger partial charge in [0.1, 0.15) is 0 Å². The van der Waals surface area contributed by atoms with Crippen LogP contribution in [0.3, 0.4) is 0 Å². The fourth-order valence-corrected chi connectivity index (χ4v) is 12.3. The number of aromatic nitrogens is 2. The molecule has 0 saturated carbocycles. The number of thiophene rings is 2. The van der Waals surface area contributed by atoms with Gasteiger partial charge in [-0.3, -0.25) is 0 Å². The summed E-state index contributed by atoms with van der Waals surface area (Å²) in [6.07, 6.45) is 0. The molecule has 0 amide bonds. The van der Waals surface area contributed by atoms with Crippen LogP contribution in [0.4, 0.5) is 0 Å². The van der Waals surface area contributed by atoms with Crippen molar-refractivity contribution in [2.24, 2.45) is 0 Å². The van der Waals surface area contributed by atoms with Crippen molar-refractivity contribution in [3.63, 3.8) is 0 Å². The first-order valence-electron chi connectivity index (χ1n) is 22.3. The Morgan fingerprint density at radius 2 is 0.712 bits per heavy atom. The van der Waals surface area contributed by atoms with Crippen LogP contribution in [0.25, 0.3) is 130 Å². The standard InChI is InChI=1S/C62H38N2S2/c1-3-18-39(19-4-1)42-36-53(45-26-10-9-25-43(45)40-20-5-2-6-21-40)59(54(37-42)46-29-15-23-41-22-7-8-24-44(41)46)62-63-55(51-32-16-30-49-47-27-11-13-34-57(47)65-60(49)51)38-56(64-62)52-33-17-31-50-48-28-12-14-35-58(48)66-61(50)52/h1-38H. The van der Waals surface area contributed by atoms with Crippen molar-refractivity contribution in [2.75, 3.05) is 0 Å². The quantitative estimate of drug-likeness (QED) is 0.159. The van der Waals surface area contributed by atoms with Gasteiger partial charge in [-0.2, -0.15) is 0 Å². The first-order chi connectivity index (χ1) is 32.7. The minimum absolute atomic E-state index is 0.680. The molecular weight excluding hydrogens is 837 g/mol. The van der Waals surface area contributed by atoms with E-state index in [0.717, 1.165) is 72.6 Å². The summed E-state index contributed by atoms with van der Waals surface area (Å²) >= 11 is 3.67. The molecule has 0 fully saturated rings. The minimum atomic E-state index is 0.680. The maximum atomic E-state index is 5.80. The van der Waals surface area contributed by atoms with Crippen LogP contribution in [-0.2, 0) is 0 Å². The van der Waals surface area contributed by atoms with Crippen LogP contribution >= 0.6 is 22.7 Å². The average molecular weight is 875 g/mol. The molecule has 4 heteroatoms. The van der Waals surface area contributed by atoms with E-state index in [4.69, 9.17) is 9.97 Å². The van der Waals surface area contributed by atoms with Crippen molar-refractivity contribution < 1.29 is 0 Å². The van der Waals surface area contributed by atoms with Gasteiger partial charge in [-0.15, -0.1) is 22.7 Å². The van der Waals surface area contributed by atoms with Crippen LogP contribution < -0.4 is 0 Å². The molecular formula is C62H38N2S2. The van der Waals surface area contributed by atoms with Crippen molar-refractivity contribution in [1.29, 1.82) is 0 Å². The second kappa shape index (κ2) is 15.9. The van der Waals surface area contributed by atoms with Crippen LogP contribution in [0, 0.1) is 0 Å². The van der Waals surface area contributed by atoms with E-state index >= 15 is 0 Å². The fourth-order valence-electron chi connectivity index (χ4n) is 9.89. The minimum Gasteiger partial charge on any atom is -0.228 e. The molecule has 2 nitrogen and oxygen atoms in total. The summed E-state index contributed by atoms with van der Waals surface area (Å²) in [5.74, 6) is 0.680. The van der Waals surface area contributed by atoms with Crippen LogP contribution in [0.1, 0.15) is 0 Å². The molecule has 3 heterocycles. The van der Waals surface area contributed by atoms with Gasteiger partial charge in [0, 0.05) is 57.0 Å². The molecule has 0 aliphatic heterocycles. The zero-order valence-electron chi connectivity index (χ0n) is 35.7. The average Bonchev–Trinajstić information content (AvgIpc) is 3.97. The Morgan fingerprint density at radius 1 is 0.273 bits per heavy atom. The molecule has 308 valence electrons. The molecule has 13 rings (SSSR count). The summed E-state index contributed by atoms with van der Waals surface area (Å²) in [6.45, 7) is 0. The van der Waals surface area contributed by atoms with Gasteiger partial charge in [-0.05, 0) is 85.6 Å². The Bertz CT molecular complexity index is 3860. The van der Waals surface area contributed by atoms with E-state index in [2.05, 4.69) is 231 Å². The van der Waals surface area contributed by atoms with Gasteiger partial charge in [0.15, 0.2) is 5.82 Å².